The van der Waals surface area contributed by atoms with Crippen LogP contribution in [0.15, 0.2) is 17.1 Å². The maximum absolute atomic E-state index is 3.83. The number of halogens is 1. The Kier molecular flexibility index (Phi) is 1.05. The molecule has 0 atom stereocenters. The lowest BCUT2D eigenvalue weighted by atomic mass is 10.6. The van der Waals surface area contributed by atoms with Crippen LogP contribution in [0.2, 0.25) is 0 Å². The van der Waals surface area contributed by atoms with E-state index in [1.807, 2.05) is 12.2 Å². The molecule has 0 aliphatic carbocycles. The van der Waals surface area contributed by atoms with E-state index in [9.17, 15) is 0 Å². The predicted molar refractivity (Wildman–Crippen MR) is 29.8 cm³/mol. The smallest absolute Gasteiger partial charge is 0.172 e. The maximum Gasteiger partial charge on any atom is 0.172 e. The Hall–Kier alpha value is -0.110. The molecule has 1 heterocycles. The van der Waals surface area contributed by atoms with Crippen molar-refractivity contribution >= 4 is 22.1 Å². The first kappa shape index (κ1) is 4.06. The van der Waals surface area contributed by atoms with Crippen LogP contribution in [-0.2, 0) is 0 Å². The third kappa shape index (κ3) is 0.684. The average Bonchev–Trinajstić information content (AvgIpc) is 1.86. The third-order valence-electron chi connectivity index (χ3n) is 0.518. The second-order valence-electron chi connectivity index (χ2n) is 0.960. The van der Waals surface area contributed by atoms with Crippen LogP contribution >= 0.6 is 15.9 Å². The lowest BCUT2D eigenvalue weighted by Gasteiger charge is -1.79. The minimum atomic E-state index is 0.905. The van der Waals surface area contributed by atoms with Crippen LogP contribution < -0.4 is 0 Å². The number of hydrogen-bond acceptors (Lipinski definition) is 1. The number of rotatable bonds is 0. The van der Waals surface area contributed by atoms with E-state index in [1.54, 1.807) is 6.21 Å². The van der Waals surface area contributed by atoms with Crippen LogP contribution in [0, 0.1) is 4.95 Å². The lowest BCUT2D eigenvalue weighted by molar-refractivity contribution is 1.44. The highest BCUT2D eigenvalue weighted by Gasteiger charge is 1.95. The summed E-state index contributed by atoms with van der Waals surface area (Å²) in [6.07, 6.45) is 5.51. The van der Waals surface area contributed by atoms with Gasteiger partial charge in [-0.25, -0.2) is 0 Å². The van der Waals surface area contributed by atoms with Crippen molar-refractivity contribution in [1.82, 2.24) is 0 Å². The van der Waals surface area contributed by atoms with Crippen molar-refractivity contribution < 1.29 is 0 Å². The molecule has 1 aliphatic heterocycles. The number of nitrogens with zero attached hydrogens (tertiary/aromatic N) is 1. The van der Waals surface area contributed by atoms with Crippen molar-refractivity contribution in [2.24, 2.45) is 4.99 Å². The largest absolute Gasteiger partial charge is 0.267 e. The van der Waals surface area contributed by atoms with E-state index >= 15 is 0 Å². The Morgan fingerprint density at radius 3 is 2.67 bits per heavy atom. The van der Waals surface area contributed by atoms with Crippen LogP contribution in [0.25, 0.3) is 0 Å². The Morgan fingerprint density at radius 1 is 1.67 bits per heavy atom. The fourth-order valence-corrected chi connectivity index (χ4v) is 0.551. The molecule has 1 nitrogen and oxygen atoms in total. The molecule has 0 aromatic heterocycles. The van der Waals surface area contributed by atoms with Gasteiger partial charge in [0.05, 0.1) is 0 Å². The van der Waals surface area contributed by atoms with Crippen molar-refractivity contribution in [2.45, 2.75) is 0 Å². The summed E-state index contributed by atoms with van der Waals surface area (Å²) in [6, 6.07) is 0. The molecule has 31 valence electrons. The van der Waals surface area contributed by atoms with E-state index in [4.69, 9.17) is 0 Å². The SMILES string of the molecule is Br[C]1C=CC=N1. The fourth-order valence-electron chi connectivity index (χ4n) is 0.280. The van der Waals surface area contributed by atoms with E-state index < -0.39 is 0 Å². The standard InChI is InChI=1S/C4H3BrN/c5-4-2-1-3-6-4/h1-3H. The van der Waals surface area contributed by atoms with Crippen LogP contribution in [0.4, 0.5) is 0 Å². The summed E-state index contributed by atoms with van der Waals surface area (Å²) in [4.78, 5) is 4.74. The Labute approximate surface area is 44.9 Å². The van der Waals surface area contributed by atoms with E-state index in [-0.39, 0.29) is 0 Å². The van der Waals surface area contributed by atoms with Crippen molar-refractivity contribution in [3.63, 3.8) is 0 Å². The quantitative estimate of drug-likeness (QED) is 0.458. The van der Waals surface area contributed by atoms with Gasteiger partial charge < -0.3 is 0 Å². The molecule has 1 radical (unpaired) electrons. The minimum absolute atomic E-state index is 0.905. The molecule has 6 heavy (non-hydrogen) atoms. The molecule has 0 saturated carbocycles. The monoisotopic (exact) mass is 144 g/mol. The van der Waals surface area contributed by atoms with E-state index in [0.29, 0.717) is 0 Å². The summed E-state index contributed by atoms with van der Waals surface area (Å²) < 4.78 is 0. The van der Waals surface area contributed by atoms with E-state index in [2.05, 4.69) is 20.9 Å². The van der Waals surface area contributed by atoms with Crippen LogP contribution in [-0.4, -0.2) is 6.21 Å². The molecule has 0 saturated heterocycles. The first-order valence-electron chi connectivity index (χ1n) is 1.63. The third-order valence-corrected chi connectivity index (χ3v) is 0.987. The number of hydrogen-bond donors (Lipinski definition) is 0. The van der Waals surface area contributed by atoms with Crippen molar-refractivity contribution in [1.29, 1.82) is 0 Å². The summed E-state index contributed by atoms with van der Waals surface area (Å²) in [5, 5.41) is 0. The van der Waals surface area contributed by atoms with Crippen molar-refractivity contribution in [3.8, 4) is 0 Å². The van der Waals surface area contributed by atoms with Gasteiger partial charge >= 0.3 is 0 Å². The molecule has 1 aliphatic rings. The molecule has 0 amide bonds. The normalized spacial score (nSPS) is 20.2. The summed E-state index contributed by atoms with van der Waals surface area (Å²) in [5.74, 6) is 0. The second kappa shape index (κ2) is 1.56. The highest BCUT2D eigenvalue weighted by molar-refractivity contribution is 9.11. The highest BCUT2D eigenvalue weighted by atomic mass is 79.9. The highest BCUT2D eigenvalue weighted by Crippen LogP contribution is 2.14. The van der Waals surface area contributed by atoms with Gasteiger partial charge in [0.2, 0.25) is 0 Å². The zero-order valence-corrected chi connectivity index (χ0v) is 4.64. The molecule has 0 aromatic rings. The number of aliphatic imine (C=N–C) groups is 1. The molecule has 0 spiro atoms. The molecule has 2 heteroatoms. The predicted octanol–water partition coefficient (Wildman–Crippen LogP) is 1.51. The van der Waals surface area contributed by atoms with Gasteiger partial charge in [-0.05, 0) is 12.2 Å². The lowest BCUT2D eigenvalue weighted by Crippen LogP contribution is -1.60. The van der Waals surface area contributed by atoms with Gasteiger partial charge in [0.25, 0.3) is 0 Å². The number of allylic oxidation sites excluding steroid dienone is 1. The molecular formula is C4H3BrN. The van der Waals surface area contributed by atoms with Gasteiger partial charge in [0.1, 0.15) is 0 Å². The molecular weight excluding hydrogens is 142 g/mol. The first-order chi connectivity index (χ1) is 2.89. The first-order valence-corrected chi connectivity index (χ1v) is 2.42. The molecule has 0 bridgehead atoms. The second-order valence-corrected chi connectivity index (χ2v) is 1.77. The van der Waals surface area contributed by atoms with E-state index in [1.165, 1.54) is 0 Å². The molecule has 0 fully saturated rings. The topological polar surface area (TPSA) is 12.4 Å². The summed E-state index contributed by atoms with van der Waals surface area (Å²) in [6.45, 7) is 0. The van der Waals surface area contributed by atoms with Crippen LogP contribution in [0.1, 0.15) is 0 Å². The van der Waals surface area contributed by atoms with E-state index in [0.717, 1.165) is 4.95 Å². The fraction of sp³-hybridized carbons (Fsp3) is 0. The van der Waals surface area contributed by atoms with Crippen molar-refractivity contribution in [3.05, 3.63) is 17.1 Å². The summed E-state index contributed by atoms with van der Waals surface area (Å²) >= 11 is 3.17. The average molecular weight is 145 g/mol. The van der Waals surface area contributed by atoms with Gasteiger partial charge in [-0.15, -0.1) is 0 Å². The van der Waals surface area contributed by atoms with Gasteiger partial charge in [-0.1, -0.05) is 15.9 Å². The van der Waals surface area contributed by atoms with Gasteiger partial charge in [-0.3, -0.25) is 4.99 Å². The van der Waals surface area contributed by atoms with Crippen molar-refractivity contribution in [2.75, 3.05) is 0 Å². The summed E-state index contributed by atoms with van der Waals surface area (Å²) in [7, 11) is 0. The minimum Gasteiger partial charge on any atom is -0.267 e. The zero-order valence-electron chi connectivity index (χ0n) is 3.06. The Bertz CT molecular complexity index is 83.7. The molecule has 0 N–H and O–H groups in total. The Balaban J connectivity index is 2.60. The van der Waals surface area contributed by atoms with Gasteiger partial charge in [0.15, 0.2) is 4.95 Å². The van der Waals surface area contributed by atoms with Crippen LogP contribution in [0.3, 0.4) is 0 Å². The van der Waals surface area contributed by atoms with Crippen LogP contribution in [0.5, 0.6) is 0 Å². The summed E-state index contributed by atoms with van der Waals surface area (Å²) in [5.41, 5.74) is 0. The van der Waals surface area contributed by atoms with Gasteiger partial charge in [0, 0.05) is 6.21 Å². The molecule has 0 unspecified atom stereocenters. The molecule has 1 rings (SSSR count). The maximum atomic E-state index is 3.83. The van der Waals surface area contributed by atoms with Gasteiger partial charge in [-0.2, -0.15) is 0 Å². The molecule has 0 aromatic carbocycles. The Morgan fingerprint density at radius 2 is 2.50 bits per heavy atom. The zero-order chi connectivity index (χ0) is 4.41.